The van der Waals surface area contributed by atoms with Crippen LogP contribution in [0.15, 0.2) is 48.5 Å². The summed E-state index contributed by atoms with van der Waals surface area (Å²) >= 11 is 0. The molecule has 1 saturated heterocycles. The molecule has 0 N–H and O–H groups in total. The highest BCUT2D eigenvalue weighted by Gasteiger charge is 2.27. The van der Waals surface area contributed by atoms with E-state index in [-0.39, 0.29) is 11.9 Å². The first kappa shape index (κ1) is 9.55. The molecule has 2 aromatic rings. The number of epoxide rings is 1. The van der Waals surface area contributed by atoms with E-state index >= 15 is 0 Å². The van der Waals surface area contributed by atoms with Crippen LogP contribution < -0.4 is 0 Å². The SMILES string of the molecule is Fc1cc(-c2ccccc2)ccc1[C@H]1CO1. The Balaban J connectivity index is 2.00. The lowest BCUT2D eigenvalue weighted by Crippen LogP contribution is -1.89. The van der Waals surface area contributed by atoms with Crippen LogP contribution in [0, 0.1) is 5.82 Å². The van der Waals surface area contributed by atoms with Gasteiger partial charge in [0.05, 0.1) is 6.61 Å². The number of benzene rings is 2. The van der Waals surface area contributed by atoms with Crippen LogP contribution >= 0.6 is 0 Å². The molecule has 0 spiro atoms. The summed E-state index contributed by atoms with van der Waals surface area (Å²) in [7, 11) is 0. The third-order valence-corrected chi connectivity index (χ3v) is 2.79. The molecule has 0 unspecified atom stereocenters. The highest BCUT2D eigenvalue weighted by Crippen LogP contribution is 2.33. The van der Waals surface area contributed by atoms with Gasteiger partial charge in [0, 0.05) is 5.56 Å². The molecule has 1 aliphatic rings. The van der Waals surface area contributed by atoms with E-state index in [9.17, 15) is 4.39 Å². The minimum absolute atomic E-state index is 0.0233. The second-order valence-electron chi connectivity index (χ2n) is 3.92. The molecule has 1 atom stereocenters. The average Bonchev–Trinajstić information content (AvgIpc) is 3.14. The standard InChI is InChI=1S/C14H11FO/c15-13-8-11(10-4-2-1-3-5-10)6-7-12(13)14-9-16-14/h1-8,14H,9H2/t14-/m1/s1. The number of halogens is 1. The van der Waals surface area contributed by atoms with E-state index in [0.29, 0.717) is 12.2 Å². The Morgan fingerprint density at radius 3 is 2.38 bits per heavy atom. The lowest BCUT2D eigenvalue weighted by Gasteiger charge is -2.04. The van der Waals surface area contributed by atoms with Crippen LogP contribution in [-0.4, -0.2) is 6.61 Å². The third kappa shape index (κ3) is 1.72. The van der Waals surface area contributed by atoms with Gasteiger partial charge in [0.25, 0.3) is 0 Å². The minimum atomic E-state index is -0.177. The Kier molecular flexibility index (Phi) is 2.22. The molecule has 0 aliphatic carbocycles. The van der Waals surface area contributed by atoms with Gasteiger partial charge in [-0.15, -0.1) is 0 Å². The monoisotopic (exact) mass is 214 g/mol. The summed E-state index contributed by atoms with van der Waals surface area (Å²) in [6.45, 7) is 0.640. The second kappa shape index (κ2) is 3.72. The van der Waals surface area contributed by atoms with E-state index in [4.69, 9.17) is 4.74 Å². The molecule has 1 nitrogen and oxygen atoms in total. The molecule has 3 rings (SSSR count). The fourth-order valence-electron chi connectivity index (χ4n) is 1.83. The molecular formula is C14H11FO. The predicted octanol–water partition coefficient (Wildman–Crippen LogP) is 3.56. The van der Waals surface area contributed by atoms with Crippen molar-refractivity contribution in [1.29, 1.82) is 0 Å². The molecule has 1 heterocycles. The van der Waals surface area contributed by atoms with Crippen LogP contribution in [0.2, 0.25) is 0 Å². The molecule has 0 aromatic heterocycles. The summed E-state index contributed by atoms with van der Waals surface area (Å²) in [6.07, 6.45) is -0.0233. The Morgan fingerprint density at radius 1 is 1.00 bits per heavy atom. The number of hydrogen-bond acceptors (Lipinski definition) is 1. The molecule has 80 valence electrons. The first-order valence-corrected chi connectivity index (χ1v) is 5.31. The van der Waals surface area contributed by atoms with Gasteiger partial charge in [-0.1, -0.05) is 42.5 Å². The largest absolute Gasteiger partial charge is 0.368 e. The van der Waals surface area contributed by atoms with Crippen molar-refractivity contribution in [3.63, 3.8) is 0 Å². The normalized spacial score (nSPS) is 18.4. The van der Waals surface area contributed by atoms with Gasteiger partial charge >= 0.3 is 0 Å². The molecule has 1 aliphatic heterocycles. The maximum atomic E-state index is 13.7. The molecular weight excluding hydrogens is 203 g/mol. The molecule has 1 fully saturated rings. The zero-order chi connectivity index (χ0) is 11.0. The average molecular weight is 214 g/mol. The van der Waals surface area contributed by atoms with Gasteiger partial charge < -0.3 is 4.74 Å². The molecule has 2 aromatic carbocycles. The van der Waals surface area contributed by atoms with E-state index in [1.165, 1.54) is 0 Å². The van der Waals surface area contributed by atoms with Gasteiger partial charge in [-0.25, -0.2) is 4.39 Å². The van der Waals surface area contributed by atoms with Gasteiger partial charge in [-0.2, -0.15) is 0 Å². The highest BCUT2D eigenvalue weighted by molar-refractivity contribution is 5.63. The third-order valence-electron chi connectivity index (χ3n) is 2.79. The van der Waals surface area contributed by atoms with Crippen LogP contribution in [-0.2, 0) is 4.74 Å². The summed E-state index contributed by atoms with van der Waals surface area (Å²) in [5, 5.41) is 0. The van der Waals surface area contributed by atoms with Crippen molar-refractivity contribution >= 4 is 0 Å². The topological polar surface area (TPSA) is 12.5 Å². The van der Waals surface area contributed by atoms with Crippen molar-refractivity contribution in [2.24, 2.45) is 0 Å². The predicted molar refractivity (Wildman–Crippen MR) is 60.5 cm³/mol. The van der Waals surface area contributed by atoms with Gasteiger partial charge in [-0.3, -0.25) is 0 Å². The summed E-state index contributed by atoms with van der Waals surface area (Å²) < 4.78 is 18.8. The lowest BCUT2D eigenvalue weighted by atomic mass is 10.0. The van der Waals surface area contributed by atoms with Crippen LogP contribution in [0.25, 0.3) is 11.1 Å². The molecule has 0 saturated carbocycles. The van der Waals surface area contributed by atoms with Gasteiger partial charge in [-0.05, 0) is 17.2 Å². The Bertz CT molecular complexity index is 503. The van der Waals surface area contributed by atoms with E-state index in [0.717, 1.165) is 11.1 Å². The van der Waals surface area contributed by atoms with Crippen molar-refractivity contribution in [2.75, 3.05) is 6.61 Å². The Hall–Kier alpha value is -1.67. The summed E-state index contributed by atoms with van der Waals surface area (Å²) in [6, 6.07) is 15.1. The minimum Gasteiger partial charge on any atom is -0.368 e. The quantitative estimate of drug-likeness (QED) is 0.696. The number of rotatable bonds is 2. The first-order valence-electron chi connectivity index (χ1n) is 5.31. The maximum Gasteiger partial charge on any atom is 0.129 e. The zero-order valence-electron chi connectivity index (χ0n) is 8.69. The van der Waals surface area contributed by atoms with Gasteiger partial charge in [0.2, 0.25) is 0 Å². The van der Waals surface area contributed by atoms with Crippen LogP contribution in [0.3, 0.4) is 0 Å². The summed E-state index contributed by atoms with van der Waals surface area (Å²) in [4.78, 5) is 0. The van der Waals surface area contributed by atoms with Crippen molar-refractivity contribution < 1.29 is 9.13 Å². The van der Waals surface area contributed by atoms with Crippen molar-refractivity contribution in [2.45, 2.75) is 6.10 Å². The molecule has 0 radical (unpaired) electrons. The van der Waals surface area contributed by atoms with Crippen molar-refractivity contribution in [3.8, 4) is 11.1 Å². The van der Waals surface area contributed by atoms with Crippen LogP contribution in [0.5, 0.6) is 0 Å². The Morgan fingerprint density at radius 2 is 1.75 bits per heavy atom. The maximum absolute atomic E-state index is 13.7. The van der Waals surface area contributed by atoms with Crippen molar-refractivity contribution in [3.05, 3.63) is 59.9 Å². The van der Waals surface area contributed by atoms with E-state index in [2.05, 4.69) is 0 Å². The second-order valence-corrected chi connectivity index (χ2v) is 3.92. The molecule has 2 heteroatoms. The summed E-state index contributed by atoms with van der Waals surface area (Å²) in [5.74, 6) is -0.177. The molecule has 0 amide bonds. The Labute approximate surface area is 93.5 Å². The zero-order valence-corrected chi connectivity index (χ0v) is 8.69. The van der Waals surface area contributed by atoms with E-state index in [1.807, 2.05) is 42.5 Å². The van der Waals surface area contributed by atoms with Crippen molar-refractivity contribution in [1.82, 2.24) is 0 Å². The summed E-state index contributed by atoms with van der Waals surface area (Å²) in [5.41, 5.74) is 2.60. The van der Waals surface area contributed by atoms with Crippen LogP contribution in [0.1, 0.15) is 11.7 Å². The molecule has 16 heavy (non-hydrogen) atoms. The van der Waals surface area contributed by atoms with Gasteiger partial charge in [0.1, 0.15) is 11.9 Å². The smallest absolute Gasteiger partial charge is 0.129 e. The fraction of sp³-hybridized carbons (Fsp3) is 0.143. The fourth-order valence-corrected chi connectivity index (χ4v) is 1.83. The highest BCUT2D eigenvalue weighted by atomic mass is 19.1. The van der Waals surface area contributed by atoms with Crippen LogP contribution in [0.4, 0.5) is 4.39 Å². The lowest BCUT2D eigenvalue weighted by molar-refractivity contribution is 0.408. The van der Waals surface area contributed by atoms with E-state index in [1.54, 1.807) is 6.07 Å². The van der Waals surface area contributed by atoms with E-state index < -0.39 is 0 Å². The molecule has 0 bridgehead atoms. The number of ether oxygens (including phenoxy) is 1. The first-order chi connectivity index (χ1) is 7.84. The number of hydrogen-bond donors (Lipinski definition) is 0. The van der Waals surface area contributed by atoms with Gasteiger partial charge in [0.15, 0.2) is 0 Å².